The highest BCUT2D eigenvalue weighted by Gasteiger charge is 2.82. The number of aliphatic hydroxyl groups excluding tert-OH is 1. The highest BCUT2D eigenvalue weighted by atomic mass is 30.2. The van der Waals surface area contributed by atoms with Gasteiger partial charge < -0.3 is 28.2 Å². The maximum absolute atomic E-state index is 11.8. The molecular formula is C21H50O6Si6. The van der Waals surface area contributed by atoms with E-state index in [1.54, 1.807) is 0 Å². The van der Waals surface area contributed by atoms with Crippen LogP contribution in [0.2, 0.25) is 78.6 Å². The Bertz CT molecular complexity index is 737. The van der Waals surface area contributed by atoms with Gasteiger partial charge in [0.15, 0.2) is 19.5 Å². The minimum atomic E-state index is -2.38. The second-order valence-corrected chi connectivity index (χ2v) is 75.8. The molecule has 12 heteroatoms. The molecule has 1 N–H and O–H groups in total. The van der Waals surface area contributed by atoms with Crippen LogP contribution in [0.3, 0.4) is 0 Å². The molecule has 0 aliphatic carbocycles. The third-order valence-corrected chi connectivity index (χ3v) is 125. The van der Waals surface area contributed by atoms with Gasteiger partial charge in [-0.1, -0.05) is 78.6 Å². The van der Waals surface area contributed by atoms with Gasteiger partial charge >= 0.3 is 0 Å². The van der Waals surface area contributed by atoms with Crippen molar-refractivity contribution >= 4 is 44.1 Å². The maximum atomic E-state index is 11.8. The van der Waals surface area contributed by atoms with Crippen molar-refractivity contribution in [1.29, 1.82) is 0 Å². The van der Waals surface area contributed by atoms with E-state index in [2.05, 4.69) is 78.6 Å². The summed E-state index contributed by atoms with van der Waals surface area (Å²) >= 11 is 0. The summed E-state index contributed by atoms with van der Waals surface area (Å²) in [6.45, 7) is 30.3. The Labute approximate surface area is 207 Å². The summed E-state index contributed by atoms with van der Waals surface area (Å²) in [7, 11) is -7.18. The normalized spacial score (nSPS) is 36.6. The average Bonchev–Trinajstić information content (AvgIpc) is 2.89. The standard InChI is InChI=1S/C21H50O6Si6/c1-20(2)24-16-21(27-20)19(22)18-17(15-23-21)25-32(28(3,4)5,29(6,7)8)33(26-18,30(9,10)11)31(12,13)14/h17-19,22H,15-16H2,1-14H3/t17-,18-,19+,21+/m1/s1. The van der Waals surface area contributed by atoms with Crippen LogP contribution in [0.4, 0.5) is 0 Å². The van der Waals surface area contributed by atoms with E-state index >= 15 is 0 Å². The minimum absolute atomic E-state index is 0.215. The van der Waals surface area contributed by atoms with E-state index in [9.17, 15) is 5.11 Å². The number of hydrogen-bond acceptors (Lipinski definition) is 6. The van der Waals surface area contributed by atoms with Gasteiger partial charge in [-0.3, -0.25) is 0 Å². The zero-order valence-electron chi connectivity index (χ0n) is 23.6. The molecule has 3 saturated heterocycles. The maximum Gasteiger partial charge on any atom is 0.224 e. The first-order chi connectivity index (χ1) is 14.5. The molecule has 0 saturated carbocycles. The van der Waals surface area contributed by atoms with Crippen LogP contribution < -0.4 is 0 Å². The fourth-order valence-corrected chi connectivity index (χ4v) is 215. The highest BCUT2D eigenvalue weighted by Crippen LogP contribution is 2.53. The van der Waals surface area contributed by atoms with E-state index in [-0.39, 0.29) is 12.7 Å². The van der Waals surface area contributed by atoms with Gasteiger partial charge in [-0.15, -0.1) is 0 Å². The number of aliphatic hydroxyl groups is 1. The molecule has 3 fully saturated rings. The number of ether oxygens (including phenoxy) is 3. The molecule has 3 rings (SSSR count). The van der Waals surface area contributed by atoms with Gasteiger partial charge in [0.05, 0.1) is 43.1 Å². The SMILES string of the molecule is CC1(C)OC[C@]2(OC[C@H]3O[Si]([Si](C)(C)C)([Si](C)(C)C)[Si]([Si](C)(C)C)([Si](C)(C)C)O[C@H]3[C@@H]2O)O1. The van der Waals surface area contributed by atoms with E-state index in [1.165, 1.54) is 0 Å². The Kier molecular flexibility index (Phi) is 6.97. The van der Waals surface area contributed by atoms with Crippen LogP contribution >= 0.6 is 0 Å². The molecule has 3 aliphatic heterocycles. The fourth-order valence-electron chi connectivity index (χ4n) is 7.73. The molecule has 33 heavy (non-hydrogen) atoms. The summed E-state index contributed by atoms with van der Waals surface area (Å²) in [4.78, 5) is 0. The molecule has 6 nitrogen and oxygen atoms in total. The third-order valence-electron chi connectivity index (χ3n) is 8.02. The summed E-state index contributed by atoms with van der Waals surface area (Å²) in [5.74, 6) is -1.96. The Balaban J connectivity index is 2.26. The monoisotopic (exact) mass is 566 g/mol. The summed E-state index contributed by atoms with van der Waals surface area (Å²) in [6, 6.07) is 0. The van der Waals surface area contributed by atoms with Crippen molar-refractivity contribution in [2.24, 2.45) is 0 Å². The van der Waals surface area contributed by atoms with Crippen molar-refractivity contribution in [2.75, 3.05) is 13.2 Å². The highest BCUT2D eigenvalue weighted by molar-refractivity contribution is 8.06. The molecule has 4 atom stereocenters. The molecule has 3 heterocycles. The Morgan fingerprint density at radius 2 is 1.12 bits per heavy atom. The lowest BCUT2D eigenvalue weighted by atomic mass is 9.97. The molecule has 0 radical (unpaired) electrons. The summed E-state index contributed by atoms with van der Waals surface area (Å²) in [5, 5.41) is 11.8. The van der Waals surface area contributed by atoms with E-state index in [4.69, 9.17) is 23.1 Å². The Hall–Kier alpha value is 1.06. The summed E-state index contributed by atoms with van der Waals surface area (Å²) in [6.07, 6.45) is -1.56. The lowest BCUT2D eigenvalue weighted by Crippen LogP contribution is -3.01. The van der Waals surface area contributed by atoms with Crippen molar-refractivity contribution < 1.29 is 28.2 Å². The number of hydrogen-bond donors (Lipinski definition) is 1. The van der Waals surface area contributed by atoms with Gasteiger partial charge in [-0.25, -0.2) is 0 Å². The van der Waals surface area contributed by atoms with Crippen LogP contribution in [0.5, 0.6) is 0 Å². The molecule has 0 bridgehead atoms. The van der Waals surface area contributed by atoms with E-state index in [0.29, 0.717) is 6.61 Å². The zero-order chi connectivity index (χ0) is 25.7. The van der Waals surface area contributed by atoms with Crippen molar-refractivity contribution in [1.82, 2.24) is 0 Å². The van der Waals surface area contributed by atoms with Crippen LogP contribution in [-0.2, 0) is 23.1 Å². The third kappa shape index (κ3) is 4.02. The van der Waals surface area contributed by atoms with Crippen LogP contribution in [0.25, 0.3) is 0 Å². The van der Waals surface area contributed by atoms with Gasteiger partial charge in [0.2, 0.25) is 5.79 Å². The molecule has 3 aliphatic rings. The van der Waals surface area contributed by atoms with Gasteiger partial charge in [-0.2, -0.15) is 0 Å². The van der Waals surface area contributed by atoms with Crippen molar-refractivity contribution in [3.8, 4) is 0 Å². The second-order valence-electron chi connectivity index (χ2n) is 15.0. The first-order valence-electron chi connectivity index (χ1n) is 12.5. The minimum Gasteiger partial charge on any atom is -0.416 e. The molecule has 0 amide bonds. The van der Waals surface area contributed by atoms with Gasteiger partial charge in [-0.05, 0) is 13.8 Å². The smallest absolute Gasteiger partial charge is 0.224 e. The predicted octanol–water partition coefficient (Wildman–Crippen LogP) is 4.28. The number of rotatable bonds is 4. The predicted molar refractivity (Wildman–Crippen MR) is 150 cm³/mol. The van der Waals surface area contributed by atoms with Gasteiger partial charge in [0.25, 0.3) is 0 Å². The lowest BCUT2D eigenvalue weighted by Gasteiger charge is -2.71. The Morgan fingerprint density at radius 1 is 0.697 bits per heavy atom. The van der Waals surface area contributed by atoms with Crippen LogP contribution in [0, 0.1) is 0 Å². The zero-order valence-corrected chi connectivity index (χ0v) is 29.6. The quantitative estimate of drug-likeness (QED) is 0.513. The van der Waals surface area contributed by atoms with Crippen LogP contribution in [0.15, 0.2) is 0 Å². The molecule has 194 valence electrons. The molecule has 0 unspecified atom stereocenters. The molecular weight excluding hydrogens is 517 g/mol. The van der Waals surface area contributed by atoms with Crippen LogP contribution in [-0.4, -0.2) is 92.3 Å². The van der Waals surface area contributed by atoms with Gasteiger partial charge in [0.1, 0.15) is 18.8 Å². The molecule has 0 aromatic heterocycles. The summed E-state index contributed by atoms with van der Waals surface area (Å²) in [5.41, 5.74) is 0. The number of fused-ring (bicyclic) bond motifs is 1. The average molecular weight is 567 g/mol. The van der Waals surface area contributed by atoms with E-state index < -0.39 is 67.9 Å². The van der Waals surface area contributed by atoms with Crippen molar-refractivity contribution in [3.05, 3.63) is 0 Å². The van der Waals surface area contributed by atoms with Crippen LogP contribution in [0.1, 0.15) is 13.8 Å². The summed E-state index contributed by atoms with van der Waals surface area (Å²) < 4.78 is 33.8. The van der Waals surface area contributed by atoms with E-state index in [0.717, 1.165) is 0 Å². The van der Waals surface area contributed by atoms with Crippen molar-refractivity contribution in [2.45, 2.75) is 122 Å². The lowest BCUT2D eigenvalue weighted by molar-refractivity contribution is -0.334. The first kappa shape index (κ1) is 28.6. The molecule has 0 aromatic rings. The molecule has 1 spiro atoms. The topological polar surface area (TPSA) is 66.4 Å². The fraction of sp³-hybridized carbons (Fsp3) is 1.00. The molecule has 0 aromatic carbocycles. The van der Waals surface area contributed by atoms with Gasteiger partial charge in [0, 0.05) is 0 Å². The first-order valence-corrected chi connectivity index (χ1v) is 35.3. The largest absolute Gasteiger partial charge is 0.416 e. The van der Waals surface area contributed by atoms with E-state index in [1.807, 2.05) is 13.8 Å². The second kappa shape index (κ2) is 8.03. The van der Waals surface area contributed by atoms with Crippen molar-refractivity contribution in [3.63, 3.8) is 0 Å². The Morgan fingerprint density at radius 3 is 1.48 bits per heavy atom.